The van der Waals surface area contributed by atoms with Gasteiger partial charge < -0.3 is 10.2 Å². The molecule has 0 aliphatic heterocycles. The Balaban J connectivity index is 2.89. The fourth-order valence-electron chi connectivity index (χ4n) is 1.86. The van der Waals surface area contributed by atoms with Crippen molar-refractivity contribution >= 4 is 23.3 Å². The highest BCUT2D eigenvalue weighted by atomic mass is 16.2. The molecule has 0 atom stereocenters. The molecule has 1 N–H and O–H groups in total. The number of hydrogen-bond donors (Lipinski definition) is 1. The Labute approximate surface area is 125 Å². The molecule has 0 saturated carbocycles. The third-order valence-electron chi connectivity index (χ3n) is 2.78. The number of benzene rings is 1. The van der Waals surface area contributed by atoms with Gasteiger partial charge in [-0.2, -0.15) is 0 Å². The van der Waals surface area contributed by atoms with Crippen LogP contribution in [0.2, 0.25) is 0 Å². The van der Waals surface area contributed by atoms with Crippen LogP contribution in [0.15, 0.2) is 24.3 Å². The van der Waals surface area contributed by atoms with E-state index < -0.39 is 0 Å². The first-order valence-corrected chi connectivity index (χ1v) is 6.80. The van der Waals surface area contributed by atoms with Crippen LogP contribution in [0.3, 0.4) is 0 Å². The molecule has 0 saturated heterocycles. The summed E-state index contributed by atoms with van der Waals surface area (Å²) in [5, 5.41) is 2.82. The van der Waals surface area contributed by atoms with Crippen molar-refractivity contribution in [1.82, 2.24) is 5.32 Å². The van der Waals surface area contributed by atoms with Crippen LogP contribution >= 0.6 is 0 Å². The SMILES string of the molecule is CC(=O)c1ccc(N(CC(=O)NC(C)(C)C)C(C)=O)cc1. The lowest BCUT2D eigenvalue weighted by molar-refractivity contribution is -0.124. The van der Waals surface area contributed by atoms with Gasteiger partial charge in [-0.3, -0.25) is 14.4 Å². The molecule has 2 amide bonds. The third-order valence-corrected chi connectivity index (χ3v) is 2.78. The first kappa shape index (κ1) is 16.9. The van der Waals surface area contributed by atoms with Gasteiger partial charge in [-0.1, -0.05) is 0 Å². The zero-order valence-electron chi connectivity index (χ0n) is 13.2. The van der Waals surface area contributed by atoms with Gasteiger partial charge in [0.1, 0.15) is 6.54 Å². The Morgan fingerprint density at radius 2 is 1.57 bits per heavy atom. The first-order chi connectivity index (χ1) is 9.60. The summed E-state index contributed by atoms with van der Waals surface area (Å²) < 4.78 is 0. The molecule has 5 nitrogen and oxygen atoms in total. The van der Waals surface area contributed by atoms with Gasteiger partial charge in [0.25, 0.3) is 0 Å². The van der Waals surface area contributed by atoms with E-state index >= 15 is 0 Å². The Morgan fingerprint density at radius 1 is 1.05 bits per heavy atom. The van der Waals surface area contributed by atoms with Gasteiger partial charge in [-0.25, -0.2) is 0 Å². The highest BCUT2D eigenvalue weighted by molar-refractivity contribution is 5.98. The van der Waals surface area contributed by atoms with Gasteiger partial charge in [0.05, 0.1) is 0 Å². The second kappa shape index (κ2) is 6.52. The maximum Gasteiger partial charge on any atom is 0.240 e. The Kier molecular flexibility index (Phi) is 5.24. The van der Waals surface area contributed by atoms with Crippen molar-refractivity contribution in [3.63, 3.8) is 0 Å². The first-order valence-electron chi connectivity index (χ1n) is 6.80. The molecule has 1 aromatic rings. The summed E-state index contributed by atoms with van der Waals surface area (Å²) in [5.41, 5.74) is 0.816. The summed E-state index contributed by atoms with van der Waals surface area (Å²) in [4.78, 5) is 36.3. The molecule has 0 fully saturated rings. The largest absolute Gasteiger partial charge is 0.350 e. The van der Waals surface area contributed by atoms with Crippen molar-refractivity contribution in [2.24, 2.45) is 0 Å². The monoisotopic (exact) mass is 290 g/mol. The molecule has 0 aliphatic rings. The minimum Gasteiger partial charge on any atom is -0.350 e. The van der Waals surface area contributed by atoms with Gasteiger partial charge in [0.2, 0.25) is 11.8 Å². The quantitative estimate of drug-likeness (QED) is 0.864. The summed E-state index contributed by atoms with van der Waals surface area (Å²) in [6.07, 6.45) is 0. The topological polar surface area (TPSA) is 66.5 Å². The van der Waals surface area contributed by atoms with E-state index in [4.69, 9.17) is 0 Å². The number of hydrogen-bond acceptors (Lipinski definition) is 3. The molecule has 21 heavy (non-hydrogen) atoms. The predicted octanol–water partition coefficient (Wildman–Crippen LogP) is 2.16. The molecule has 1 aromatic carbocycles. The summed E-state index contributed by atoms with van der Waals surface area (Å²) >= 11 is 0. The van der Waals surface area contributed by atoms with Crippen molar-refractivity contribution in [3.8, 4) is 0 Å². The van der Waals surface area contributed by atoms with Crippen molar-refractivity contribution in [2.45, 2.75) is 40.2 Å². The smallest absolute Gasteiger partial charge is 0.240 e. The number of anilines is 1. The van der Waals surface area contributed by atoms with E-state index in [-0.39, 0.29) is 29.7 Å². The number of rotatable bonds is 4. The molecule has 114 valence electrons. The van der Waals surface area contributed by atoms with Crippen LogP contribution < -0.4 is 10.2 Å². The van der Waals surface area contributed by atoms with E-state index in [1.807, 2.05) is 20.8 Å². The number of nitrogens with one attached hydrogen (secondary N) is 1. The van der Waals surface area contributed by atoms with Crippen molar-refractivity contribution < 1.29 is 14.4 Å². The Bertz CT molecular complexity index is 542. The molecular weight excluding hydrogens is 268 g/mol. The van der Waals surface area contributed by atoms with Gasteiger partial charge in [-0.05, 0) is 52.0 Å². The van der Waals surface area contributed by atoms with Crippen LogP contribution in [0.25, 0.3) is 0 Å². The standard InChI is InChI=1S/C16H22N2O3/c1-11(19)13-6-8-14(9-7-13)18(12(2)20)10-15(21)17-16(3,4)5/h6-9H,10H2,1-5H3,(H,17,21). The second-order valence-corrected chi connectivity index (χ2v) is 6.01. The average molecular weight is 290 g/mol. The molecule has 0 aliphatic carbocycles. The lowest BCUT2D eigenvalue weighted by atomic mass is 10.1. The number of amides is 2. The van der Waals surface area contributed by atoms with E-state index in [9.17, 15) is 14.4 Å². The normalized spacial score (nSPS) is 10.9. The molecule has 5 heteroatoms. The van der Waals surface area contributed by atoms with Gasteiger partial charge in [0, 0.05) is 23.7 Å². The van der Waals surface area contributed by atoms with E-state index in [0.29, 0.717) is 11.3 Å². The molecule has 0 aromatic heterocycles. The minimum absolute atomic E-state index is 0.0404. The summed E-state index contributed by atoms with van der Waals surface area (Å²) in [5.74, 6) is -0.496. The second-order valence-electron chi connectivity index (χ2n) is 6.01. The van der Waals surface area contributed by atoms with E-state index in [2.05, 4.69) is 5.32 Å². The van der Waals surface area contributed by atoms with E-state index in [1.165, 1.54) is 18.7 Å². The number of carbonyl (C=O) groups is 3. The van der Waals surface area contributed by atoms with Crippen LogP contribution in [0.5, 0.6) is 0 Å². The van der Waals surface area contributed by atoms with Crippen LogP contribution in [0, 0.1) is 0 Å². The zero-order chi connectivity index (χ0) is 16.2. The van der Waals surface area contributed by atoms with Crippen molar-refractivity contribution in [3.05, 3.63) is 29.8 Å². The van der Waals surface area contributed by atoms with Crippen LogP contribution in [-0.2, 0) is 9.59 Å². The maximum atomic E-state index is 12.0. The average Bonchev–Trinajstić information content (AvgIpc) is 2.33. The molecule has 0 heterocycles. The minimum atomic E-state index is -0.349. The Morgan fingerprint density at radius 3 is 1.95 bits per heavy atom. The molecule has 1 rings (SSSR count). The fourth-order valence-corrected chi connectivity index (χ4v) is 1.86. The molecule has 0 spiro atoms. The molecular formula is C16H22N2O3. The van der Waals surface area contributed by atoms with Crippen LogP contribution in [0.1, 0.15) is 45.0 Å². The molecule has 0 unspecified atom stereocenters. The number of ketones is 1. The predicted molar refractivity (Wildman–Crippen MR) is 82.4 cm³/mol. The van der Waals surface area contributed by atoms with Gasteiger partial charge in [0.15, 0.2) is 5.78 Å². The lowest BCUT2D eigenvalue weighted by Gasteiger charge is -2.25. The highest BCUT2D eigenvalue weighted by Gasteiger charge is 2.19. The van der Waals surface area contributed by atoms with Gasteiger partial charge in [-0.15, -0.1) is 0 Å². The fraction of sp³-hybridized carbons (Fsp3) is 0.438. The van der Waals surface area contributed by atoms with Crippen LogP contribution in [0.4, 0.5) is 5.69 Å². The third kappa shape index (κ3) is 5.38. The summed E-state index contributed by atoms with van der Waals surface area (Å²) in [7, 11) is 0. The number of nitrogens with zero attached hydrogens (tertiary/aromatic N) is 1. The zero-order valence-corrected chi connectivity index (χ0v) is 13.2. The van der Waals surface area contributed by atoms with Crippen molar-refractivity contribution in [1.29, 1.82) is 0 Å². The number of Topliss-reactive ketones (excluding diaryl/α,β-unsaturated/α-hetero) is 1. The van der Waals surface area contributed by atoms with Crippen molar-refractivity contribution in [2.75, 3.05) is 11.4 Å². The lowest BCUT2D eigenvalue weighted by Crippen LogP contribution is -2.47. The van der Waals surface area contributed by atoms with Gasteiger partial charge >= 0.3 is 0 Å². The summed E-state index contributed by atoms with van der Waals surface area (Å²) in [6.45, 7) is 8.48. The number of carbonyl (C=O) groups excluding carboxylic acids is 3. The molecule has 0 radical (unpaired) electrons. The van der Waals surface area contributed by atoms with E-state index in [0.717, 1.165) is 0 Å². The van der Waals surface area contributed by atoms with E-state index in [1.54, 1.807) is 24.3 Å². The highest BCUT2D eigenvalue weighted by Crippen LogP contribution is 2.16. The van der Waals surface area contributed by atoms with Crippen LogP contribution in [-0.4, -0.2) is 29.7 Å². The summed E-state index contributed by atoms with van der Waals surface area (Å²) in [6, 6.07) is 6.63. The maximum absolute atomic E-state index is 12.0. The Hall–Kier alpha value is -2.17. The molecule has 0 bridgehead atoms.